The highest BCUT2D eigenvalue weighted by Gasteiger charge is 2.52. The third kappa shape index (κ3) is 6.74. The van der Waals surface area contributed by atoms with E-state index in [1.807, 2.05) is 0 Å². The molecule has 2 heterocycles. The average Bonchev–Trinajstić information content (AvgIpc) is 3.64. The van der Waals surface area contributed by atoms with Crippen LogP contribution in [0.5, 0.6) is 5.75 Å². The lowest BCUT2D eigenvalue weighted by Crippen LogP contribution is -2.31. The van der Waals surface area contributed by atoms with E-state index in [-0.39, 0.29) is 63.6 Å². The van der Waals surface area contributed by atoms with Crippen LogP contribution in [0.1, 0.15) is 74.3 Å². The number of carboxylic acid groups (broad SMARTS) is 1. The van der Waals surface area contributed by atoms with Crippen molar-refractivity contribution in [3.8, 4) is 28.0 Å². The van der Waals surface area contributed by atoms with Crippen LogP contribution in [0.15, 0.2) is 60.7 Å². The van der Waals surface area contributed by atoms with Gasteiger partial charge in [0.2, 0.25) is 0 Å². The van der Waals surface area contributed by atoms with Gasteiger partial charge in [-0.15, -0.1) is 0 Å². The summed E-state index contributed by atoms with van der Waals surface area (Å²) < 4.78 is 152. The van der Waals surface area contributed by atoms with Crippen LogP contribution in [0.2, 0.25) is 0 Å². The molecule has 0 saturated carbocycles. The summed E-state index contributed by atoms with van der Waals surface area (Å²) in [5.41, 5.74) is -4.73. The Morgan fingerprint density at radius 2 is 1.42 bits per heavy atom. The molecule has 4 aromatic carbocycles. The number of rotatable bonds is 6. The number of nitrogens with zero attached hydrogens (tertiary/aromatic N) is 1. The summed E-state index contributed by atoms with van der Waals surface area (Å²) >= 11 is 0. The Morgan fingerprint density at radius 1 is 0.792 bits per heavy atom. The van der Waals surface area contributed by atoms with Crippen LogP contribution in [0.25, 0.3) is 22.3 Å². The second kappa shape index (κ2) is 13.0. The van der Waals surface area contributed by atoms with Crippen LogP contribution in [0.3, 0.4) is 0 Å². The highest BCUT2D eigenvalue weighted by molar-refractivity contribution is 5.90. The number of cyclic esters (lactones) is 1. The van der Waals surface area contributed by atoms with E-state index in [0.717, 1.165) is 30.0 Å². The minimum Gasteiger partial charge on any atom is -0.496 e. The first kappa shape index (κ1) is 37.5. The summed E-state index contributed by atoms with van der Waals surface area (Å²) in [7, 11) is 1.19. The summed E-state index contributed by atoms with van der Waals surface area (Å²) in [6.45, 7) is 2.69. The lowest BCUT2D eigenvalue weighted by Gasteiger charge is -2.28. The first-order valence-electron chi connectivity index (χ1n) is 15.8. The van der Waals surface area contributed by atoms with Crippen LogP contribution < -0.4 is 4.74 Å². The molecule has 2 aliphatic rings. The summed E-state index contributed by atoms with van der Waals surface area (Å²) in [6, 6.07) is 6.56. The number of carbonyl (C=O) groups excluding carboxylic acids is 1. The number of carbonyl (C=O) groups is 2. The van der Waals surface area contributed by atoms with E-state index in [1.165, 1.54) is 38.3 Å². The fourth-order valence-electron chi connectivity index (χ4n) is 7.30. The van der Waals surface area contributed by atoms with Gasteiger partial charge < -0.3 is 14.6 Å². The largest absolute Gasteiger partial charge is 0.496 e. The van der Waals surface area contributed by atoms with Gasteiger partial charge in [-0.05, 0) is 103 Å². The Morgan fingerprint density at radius 3 is 1.96 bits per heavy atom. The molecule has 53 heavy (non-hydrogen) atoms. The molecule has 0 unspecified atom stereocenters. The zero-order chi connectivity index (χ0) is 38.9. The highest BCUT2D eigenvalue weighted by Crippen LogP contribution is 2.53. The molecule has 2 fully saturated rings. The molecule has 2 saturated heterocycles. The molecule has 280 valence electrons. The van der Waals surface area contributed by atoms with E-state index < -0.39 is 76.9 Å². The second-order valence-electron chi connectivity index (χ2n) is 12.8. The van der Waals surface area contributed by atoms with Gasteiger partial charge in [0.05, 0.1) is 41.4 Å². The predicted molar refractivity (Wildman–Crippen MR) is 169 cm³/mol. The van der Waals surface area contributed by atoms with Crippen LogP contribution in [0, 0.1) is 19.7 Å². The van der Waals surface area contributed by atoms with Gasteiger partial charge >= 0.3 is 30.6 Å². The summed E-state index contributed by atoms with van der Waals surface area (Å²) in [5, 5.41) is 9.38. The molecule has 0 bridgehead atoms. The quantitative estimate of drug-likeness (QED) is 0.198. The van der Waals surface area contributed by atoms with E-state index in [9.17, 15) is 54.2 Å². The summed E-state index contributed by atoms with van der Waals surface area (Å²) in [6.07, 6.45) is -18.2. The number of alkyl halides is 9. The minimum absolute atomic E-state index is 0.0614. The van der Waals surface area contributed by atoms with Gasteiger partial charge in [-0.2, -0.15) is 39.5 Å². The van der Waals surface area contributed by atoms with Gasteiger partial charge in [0.1, 0.15) is 17.7 Å². The molecule has 0 radical (unpaired) electrons. The Kier molecular flexibility index (Phi) is 9.18. The maximum atomic E-state index is 15.6. The smallest absolute Gasteiger partial charge is 0.416 e. The summed E-state index contributed by atoms with van der Waals surface area (Å²) in [4.78, 5) is 26.0. The zero-order valence-electron chi connectivity index (χ0n) is 27.7. The number of halogens is 10. The van der Waals surface area contributed by atoms with Gasteiger partial charge in [0.15, 0.2) is 0 Å². The molecule has 4 aromatic rings. The van der Waals surface area contributed by atoms with Gasteiger partial charge in [0, 0.05) is 17.2 Å². The molecule has 3 atom stereocenters. The number of benzene rings is 4. The molecule has 6 rings (SSSR count). The van der Waals surface area contributed by atoms with Crippen molar-refractivity contribution in [1.29, 1.82) is 0 Å². The van der Waals surface area contributed by atoms with E-state index in [4.69, 9.17) is 9.47 Å². The molecule has 1 N–H and O–H groups in total. The molecule has 0 aliphatic carbocycles. The minimum atomic E-state index is -5.19. The number of hydrogen-bond donors (Lipinski definition) is 1. The molecule has 6 nitrogen and oxygen atoms in total. The number of carboxylic acids is 1. The first-order valence-corrected chi connectivity index (χ1v) is 15.8. The second-order valence-corrected chi connectivity index (χ2v) is 12.8. The average molecular weight is 756 g/mol. The lowest BCUT2D eigenvalue weighted by atomic mass is 9.85. The first-order chi connectivity index (χ1) is 24.6. The van der Waals surface area contributed by atoms with Crippen molar-refractivity contribution < 1.29 is 68.1 Å². The molecular weight excluding hydrogens is 728 g/mol. The molecule has 1 amide bonds. The number of aryl methyl sites for hydroxylation is 1. The van der Waals surface area contributed by atoms with Crippen LogP contribution >= 0.6 is 0 Å². The normalized spacial score (nSPS) is 19.0. The molecule has 0 aromatic heterocycles. The van der Waals surface area contributed by atoms with Crippen molar-refractivity contribution in [1.82, 2.24) is 4.90 Å². The van der Waals surface area contributed by atoms with Crippen LogP contribution in [-0.2, 0) is 23.3 Å². The number of hydrogen-bond acceptors (Lipinski definition) is 4. The van der Waals surface area contributed by atoms with Crippen molar-refractivity contribution in [2.45, 2.75) is 63.4 Å². The predicted octanol–water partition coefficient (Wildman–Crippen LogP) is 10.9. The highest BCUT2D eigenvalue weighted by atomic mass is 19.4. The van der Waals surface area contributed by atoms with E-state index in [2.05, 4.69) is 0 Å². The summed E-state index contributed by atoms with van der Waals surface area (Å²) in [5.74, 6) is -2.16. The Labute approximate surface area is 294 Å². The van der Waals surface area contributed by atoms with Gasteiger partial charge in [-0.3, -0.25) is 4.90 Å². The van der Waals surface area contributed by atoms with Gasteiger partial charge in [-0.25, -0.2) is 14.0 Å². The van der Waals surface area contributed by atoms with E-state index in [1.54, 1.807) is 0 Å². The number of methoxy groups -OCH3 is 1. The van der Waals surface area contributed by atoms with Crippen molar-refractivity contribution in [2.75, 3.05) is 7.11 Å². The Balaban J connectivity index is 1.51. The number of ether oxygens (including phenoxy) is 2. The maximum Gasteiger partial charge on any atom is 0.416 e. The van der Waals surface area contributed by atoms with Crippen LogP contribution in [-0.4, -0.2) is 35.2 Å². The van der Waals surface area contributed by atoms with E-state index in [0.29, 0.717) is 17.7 Å². The number of aromatic carboxylic acids is 1. The molecule has 16 heteroatoms. The fourth-order valence-corrected chi connectivity index (χ4v) is 7.30. The monoisotopic (exact) mass is 755 g/mol. The topological polar surface area (TPSA) is 76.1 Å². The number of fused-ring (bicyclic) bond motifs is 1. The molecular formula is C37H27F10NO5. The van der Waals surface area contributed by atoms with Crippen molar-refractivity contribution in [2.24, 2.45) is 0 Å². The van der Waals surface area contributed by atoms with Crippen molar-refractivity contribution >= 4 is 12.1 Å². The van der Waals surface area contributed by atoms with Gasteiger partial charge in [-0.1, -0.05) is 12.1 Å². The zero-order valence-corrected chi connectivity index (χ0v) is 27.7. The fraction of sp³-hybridized carbons (Fsp3) is 0.297. The third-order valence-corrected chi connectivity index (χ3v) is 9.65. The maximum absolute atomic E-state index is 15.6. The van der Waals surface area contributed by atoms with Crippen molar-refractivity contribution in [3.05, 3.63) is 111 Å². The van der Waals surface area contributed by atoms with E-state index >= 15 is 4.39 Å². The standard InChI is InChI=1S/C37H27F10NO5/c1-16-10-18(33(49)50)4-5-22(16)24-14-25(30(52-3)15-27(24)38)23-6-7-26(37(45,46)47)17(2)31(23)28-8-9-29-32(53-34(51)48(28)29)19-11-20(35(39,40)41)13-21(12-19)36(42,43)44/h4-7,10-15,28-29,32H,8-9H2,1-3H3,(H,49,50)/t28-,29-,32+/m0/s1. The van der Waals surface area contributed by atoms with Crippen molar-refractivity contribution in [3.63, 3.8) is 0 Å². The Bertz CT molecular complexity index is 2110. The Hall–Kier alpha value is -5.28. The SMILES string of the molecule is COc1cc(F)c(-c2ccc(C(=O)O)cc2C)cc1-c1ccc(C(F)(F)F)c(C)c1[C@@H]1CC[C@H]2[C@@H](c3cc(C(F)(F)F)cc(C(F)(F)F)c3)OC(=O)N12. The molecule has 2 aliphatic heterocycles. The number of amides is 1. The van der Waals surface area contributed by atoms with Crippen LogP contribution in [0.4, 0.5) is 48.7 Å². The van der Waals surface area contributed by atoms with Gasteiger partial charge in [0.25, 0.3) is 0 Å². The molecule has 0 spiro atoms. The third-order valence-electron chi connectivity index (χ3n) is 9.65. The lowest BCUT2D eigenvalue weighted by molar-refractivity contribution is -0.143.